The van der Waals surface area contributed by atoms with Crippen LogP contribution >= 0.6 is 15.9 Å². The number of benzene rings is 1. The first-order chi connectivity index (χ1) is 8.89. The SMILES string of the molecule is CC(C)(CNC(=O)C1(CN)CC1)c1cccc(Br)c1. The summed E-state index contributed by atoms with van der Waals surface area (Å²) >= 11 is 3.48. The van der Waals surface area contributed by atoms with E-state index in [2.05, 4.69) is 47.2 Å². The van der Waals surface area contributed by atoms with Crippen LogP contribution in [-0.2, 0) is 10.2 Å². The van der Waals surface area contributed by atoms with Gasteiger partial charge >= 0.3 is 0 Å². The molecule has 0 heterocycles. The van der Waals surface area contributed by atoms with Crippen LogP contribution in [0.3, 0.4) is 0 Å². The number of nitrogens with two attached hydrogens (primary N) is 1. The molecule has 0 aliphatic heterocycles. The standard InChI is InChI=1S/C15H21BrN2O/c1-14(2,11-4-3-5-12(16)8-11)10-18-13(19)15(9-17)6-7-15/h3-5,8H,6-7,9-10,17H2,1-2H3,(H,18,19). The van der Waals surface area contributed by atoms with Gasteiger partial charge in [0.05, 0.1) is 5.41 Å². The van der Waals surface area contributed by atoms with Crippen LogP contribution in [0.25, 0.3) is 0 Å². The Bertz CT molecular complexity index is 481. The third-order valence-corrected chi connectivity index (χ3v) is 4.52. The molecule has 1 saturated carbocycles. The maximum Gasteiger partial charge on any atom is 0.227 e. The molecule has 1 fully saturated rings. The maximum atomic E-state index is 12.1. The average molecular weight is 325 g/mol. The highest BCUT2D eigenvalue weighted by Crippen LogP contribution is 2.44. The van der Waals surface area contributed by atoms with E-state index in [1.807, 2.05) is 12.1 Å². The summed E-state index contributed by atoms with van der Waals surface area (Å²) in [6.07, 6.45) is 1.85. The first kappa shape index (κ1) is 14.5. The number of carbonyl (C=O) groups excluding carboxylic acids is 1. The number of hydrogen-bond donors (Lipinski definition) is 2. The van der Waals surface area contributed by atoms with Crippen molar-refractivity contribution in [2.45, 2.75) is 32.1 Å². The van der Waals surface area contributed by atoms with Gasteiger partial charge in [-0.05, 0) is 30.5 Å². The van der Waals surface area contributed by atoms with Crippen LogP contribution in [0, 0.1) is 5.41 Å². The first-order valence-corrected chi connectivity index (χ1v) is 7.43. The Morgan fingerprint density at radius 1 is 1.47 bits per heavy atom. The second kappa shape index (κ2) is 5.25. The van der Waals surface area contributed by atoms with Crippen LogP contribution in [0.4, 0.5) is 0 Å². The number of amides is 1. The van der Waals surface area contributed by atoms with Crippen LogP contribution in [0.1, 0.15) is 32.3 Å². The van der Waals surface area contributed by atoms with Crippen LogP contribution in [0.15, 0.2) is 28.7 Å². The molecule has 1 aromatic rings. The van der Waals surface area contributed by atoms with E-state index in [1.165, 1.54) is 5.56 Å². The van der Waals surface area contributed by atoms with Crippen molar-refractivity contribution in [1.29, 1.82) is 0 Å². The molecule has 0 radical (unpaired) electrons. The van der Waals surface area contributed by atoms with Crippen molar-refractivity contribution in [2.24, 2.45) is 11.1 Å². The van der Waals surface area contributed by atoms with Crippen LogP contribution < -0.4 is 11.1 Å². The highest BCUT2D eigenvalue weighted by molar-refractivity contribution is 9.10. The normalized spacial score (nSPS) is 17.1. The molecule has 19 heavy (non-hydrogen) atoms. The van der Waals surface area contributed by atoms with Gasteiger partial charge in [0.2, 0.25) is 5.91 Å². The number of carbonyl (C=O) groups is 1. The molecule has 0 spiro atoms. The quantitative estimate of drug-likeness (QED) is 0.874. The van der Waals surface area contributed by atoms with Gasteiger partial charge in [-0.15, -0.1) is 0 Å². The summed E-state index contributed by atoms with van der Waals surface area (Å²) in [6.45, 7) is 5.36. The largest absolute Gasteiger partial charge is 0.355 e. The topological polar surface area (TPSA) is 55.1 Å². The lowest BCUT2D eigenvalue weighted by Crippen LogP contribution is -2.42. The molecule has 1 amide bonds. The maximum absolute atomic E-state index is 12.1. The molecule has 0 bridgehead atoms. The van der Waals surface area contributed by atoms with Crippen molar-refractivity contribution >= 4 is 21.8 Å². The summed E-state index contributed by atoms with van der Waals surface area (Å²) in [4.78, 5) is 12.1. The van der Waals surface area contributed by atoms with Crippen molar-refractivity contribution in [3.05, 3.63) is 34.3 Å². The zero-order valence-electron chi connectivity index (χ0n) is 11.5. The van der Waals surface area contributed by atoms with Crippen molar-refractivity contribution in [3.8, 4) is 0 Å². The summed E-state index contributed by atoms with van der Waals surface area (Å²) in [5, 5.41) is 3.06. The van der Waals surface area contributed by atoms with Crippen molar-refractivity contribution in [2.75, 3.05) is 13.1 Å². The molecule has 2 rings (SSSR count). The lowest BCUT2D eigenvalue weighted by Gasteiger charge is -2.27. The van der Waals surface area contributed by atoms with Crippen LogP contribution in [-0.4, -0.2) is 19.0 Å². The van der Waals surface area contributed by atoms with Gasteiger partial charge in [0, 0.05) is 23.0 Å². The van der Waals surface area contributed by atoms with E-state index >= 15 is 0 Å². The Morgan fingerprint density at radius 3 is 2.68 bits per heavy atom. The van der Waals surface area contributed by atoms with Crippen molar-refractivity contribution < 1.29 is 4.79 Å². The Labute approximate surface area is 123 Å². The molecule has 1 aliphatic carbocycles. The Kier molecular flexibility index (Phi) is 4.02. The lowest BCUT2D eigenvalue weighted by molar-refractivity contribution is -0.126. The van der Waals surface area contributed by atoms with Gasteiger partial charge in [0.1, 0.15) is 0 Å². The fourth-order valence-corrected chi connectivity index (χ4v) is 2.57. The van der Waals surface area contributed by atoms with Crippen LogP contribution in [0.5, 0.6) is 0 Å². The van der Waals surface area contributed by atoms with E-state index in [9.17, 15) is 4.79 Å². The molecular weight excluding hydrogens is 304 g/mol. The predicted octanol–water partition coefficient (Wildman–Crippen LogP) is 2.58. The first-order valence-electron chi connectivity index (χ1n) is 6.64. The van der Waals surface area contributed by atoms with Crippen molar-refractivity contribution in [3.63, 3.8) is 0 Å². The zero-order valence-corrected chi connectivity index (χ0v) is 13.1. The zero-order chi connectivity index (χ0) is 14.1. The Balaban J connectivity index is 2.00. The Hall–Kier alpha value is -0.870. The second-order valence-corrected chi connectivity index (χ2v) is 6.98. The summed E-state index contributed by atoms with van der Waals surface area (Å²) in [6, 6.07) is 8.21. The second-order valence-electron chi connectivity index (χ2n) is 6.06. The summed E-state index contributed by atoms with van der Waals surface area (Å²) < 4.78 is 1.06. The molecular formula is C15H21BrN2O. The monoisotopic (exact) mass is 324 g/mol. The number of hydrogen-bond acceptors (Lipinski definition) is 2. The molecule has 0 aromatic heterocycles. The van der Waals surface area contributed by atoms with Gasteiger partial charge in [-0.25, -0.2) is 0 Å². The van der Waals surface area contributed by atoms with Gasteiger partial charge < -0.3 is 11.1 Å². The molecule has 1 aromatic carbocycles. The minimum atomic E-state index is -0.270. The minimum Gasteiger partial charge on any atom is -0.355 e. The third kappa shape index (κ3) is 3.18. The van der Waals surface area contributed by atoms with E-state index in [4.69, 9.17) is 5.73 Å². The molecule has 0 saturated heterocycles. The van der Waals surface area contributed by atoms with Gasteiger partial charge in [-0.2, -0.15) is 0 Å². The summed E-state index contributed by atoms with van der Waals surface area (Å²) in [5.74, 6) is 0.109. The predicted molar refractivity (Wildman–Crippen MR) is 80.9 cm³/mol. The van der Waals surface area contributed by atoms with Crippen LogP contribution in [0.2, 0.25) is 0 Å². The van der Waals surface area contributed by atoms with E-state index in [0.29, 0.717) is 13.1 Å². The molecule has 1 aliphatic rings. The fourth-order valence-electron chi connectivity index (χ4n) is 2.18. The number of nitrogens with one attached hydrogen (secondary N) is 1. The Morgan fingerprint density at radius 2 is 2.16 bits per heavy atom. The highest BCUT2D eigenvalue weighted by Gasteiger charge is 2.48. The molecule has 4 heteroatoms. The third-order valence-electron chi connectivity index (χ3n) is 4.02. The summed E-state index contributed by atoms with van der Waals surface area (Å²) in [7, 11) is 0. The van der Waals surface area contributed by atoms with Gasteiger partial charge in [-0.3, -0.25) is 4.79 Å². The van der Waals surface area contributed by atoms with E-state index in [1.54, 1.807) is 0 Å². The van der Waals surface area contributed by atoms with Gasteiger partial charge in [0.15, 0.2) is 0 Å². The lowest BCUT2D eigenvalue weighted by atomic mass is 9.84. The van der Waals surface area contributed by atoms with Gasteiger partial charge in [-0.1, -0.05) is 41.9 Å². The van der Waals surface area contributed by atoms with Gasteiger partial charge in [0.25, 0.3) is 0 Å². The fraction of sp³-hybridized carbons (Fsp3) is 0.533. The van der Waals surface area contributed by atoms with E-state index < -0.39 is 0 Å². The smallest absolute Gasteiger partial charge is 0.227 e. The molecule has 3 N–H and O–H groups in total. The van der Waals surface area contributed by atoms with E-state index in [0.717, 1.165) is 17.3 Å². The van der Waals surface area contributed by atoms with Crippen molar-refractivity contribution in [1.82, 2.24) is 5.32 Å². The number of rotatable bonds is 5. The average Bonchev–Trinajstić information content (AvgIpc) is 3.17. The summed E-state index contributed by atoms with van der Waals surface area (Å²) in [5.41, 5.74) is 6.52. The molecule has 104 valence electrons. The molecule has 0 unspecified atom stereocenters. The minimum absolute atomic E-state index is 0.0931. The van der Waals surface area contributed by atoms with E-state index in [-0.39, 0.29) is 16.7 Å². The molecule has 0 atom stereocenters. The highest BCUT2D eigenvalue weighted by atomic mass is 79.9. The molecule has 3 nitrogen and oxygen atoms in total. The number of halogens is 1.